The van der Waals surface area contributed by atoms with Crippen molar-refractivity contribution in [3.63, 3.8) is 0 Å². The normalized spacial score (nSPS) is 11.2. The second kappa shape index (κ2) is 7.17. The van der Waals surface area contributed by atoms with E-state index in [9.17, 15) is 4.79 Å². The number of anilines is 2. The molecule has 0 fully saturated rings. The van der Waals surface area contributed by atoms with Crippen LogP contribution in [0.5, 0.6) is 0 Å². The number of rotatable bonds is 6. The molecule has 4 nitrogen and oxygen atoms in total. The Morgan fingerprint density at radius 3 is 2.30 bits per heavy atom. The number of nitrogen functional groups attached to an aromatic ring is 1. The lowest BCUT2D eigenvalue weighted by atomic mass is 9.85. The van der Waals surface area contributed by atoms with E-state index in [1.54, 1.807) is 19.2 Å². The van der Waals surface area contributed by atoms with Crippen molar-refractivity contribution >= 4 is 17.3 Å². The Morgan fingerprint density at radius 1 is 1.20 bits per heavy atom. The molecule has 0 atom stereocenters. The SMILES string of the molecule is CNC(=O)c1ccc(N)c(NCC(C(C)C)C(C)C)c1. The molecule has 0 saturated carbocycles. The van der Waals surface area contributed by atoms with Crippen LogP contribution in [0.25, 0.3) is 0 Å². The molecule has 0 heterocycles. The molecule has 1 rings (SSSR count). The van der Waals surface area contributed by atoms with E-state index in [1.165, 1.54) is 0 Å². The van der Waals surface area contributed by atoms with Crippen LogP contribution < -0.4 is 16.4 Å². The van der Waals surface area contributed by atoms with Crippen molar-refractivity contribution in [3.05, 3.63) is 23.8 Å². The number of hydrogen-bond donors (Lipinski definition) is 3. The number of carbonyl (C=O) groups is 1. The molecule has 0 bridgehead atoms. The molecule has 1 amide bonds. The van der Waals surface area contributed by atoms with Crippen molar-refractivity contribution < 1.29 is 4.79 Å². The van der Waals surface area contributed by atoms with E-state index in [2.05, 4.69) is 38.3 Å². The monoisotopic (exact) mass is 277 g/mol. The van der Waals surface area contributed by atoms with Crippen LogP contribution in [0, 0.1) is 17.8 Å². The molecule has 0 saturated heterocycles. The Morgan fingerprint density at radius 2 is 1.80 bits per heavy atom. The average molecular weight is 277 g/mol. The largest absolute Gasteiger partial charge is 0.397 e. The molecule has 0 radical (unpaired) electrons. The summed E-state index contributed by atoms with van der Waals surface area (Å²) in [5, 5.41) is 6.01. The molecule has 0 aliphatic heterocycles. The molecular weight excluding hydrogens is 250 g/mol. The number of benzene rings is 1. The van der Waals surface area contributed by atoms with E-state index in [1.807, 2.05) is 6.07 Å². The van der Waals surface area contributed by atoms with Crippen molar-refractivity contribution in [2.75, 3.05) is 24.6 Å². The first-order valence-electron chi connectivity index (χ1n) is 7.22. The van der Waals surface area contributed by atoms with Gasteiger partial charge in [-0.15, -0.1) is 0 Å². The molecule has 0 aliphatic carbocycles. The van der Waals surface area contributed by atoms with Crippen LogP contribution in [0.3, 0.4) is 0 Å². The Bertz CT molecular complexity index is 447. The smallest absolute Gasteiger partial charge is 0.251 e. The van der Waals surface area contributed by atoms with Gasteiger partial charge in [-0.1, -0.05) is 27.7 Å². The average Bonchev–Trinajstić information content (AvgIpc) is 2.39. The summed E-state index contributed by atoms with van der Waals surface area (Å²) < 4.78 is 0. The van der Waals surface area contributed by atoms with Crippen LogP contribution in [0.15, 0.2) is 18.2 Å². The zero-order valence-corrected chi connectivity index (χ0v) is 13.2. The Kier molecular flexibility index (Phi) is 5.86. The highest BCUT2D eigenvalue weighted by Crippen LogP contribution is 2.24. The highest BCUT2D eigenvalue weighted by molar-refractivity contribution is 5.96. The molecular formula is C16H27N3O. The fourth-order valence-corrected chi connectivity index (χ4v) is 2.46. The highest BCUT2D eigenvalue weighted by atomic mass is 16.1. The molecule has 0 spiro atoms. The second-order valence-corrected chi connectivity index (χ2v) is 5.91. The number of nitrogens with two attached hydrogens (primary N) is 1. The third-order valence-corrected chi connectivity index (χ3v) is 3.78. The highest BCUT2D eigenvalue weighted by Gasteiger charge is 2.17. The number of nitrogens with one attached hydrogen (secondary N) is 2. The van der Waals surface area contributed by atoms with Gasteiger partial charge in [0.1, 0.15) is 0 Å². The summed E-state index contributed by atoms with van der Waals surface area (Å²) >= 11 is 0. The standard InChI is InChI=1S/C16H27N3O/c1-10(2)13(11(3)4)9-19-15-8-12(16(20)18-5)6-7-14(15)17/h6-8,10-11,13,19H,9,17H2,1-5H3,(H,18,20). The third kappa shape index (κ3) is 4.15. The van der Waals surface area contributed by atoms with Crippen LogP contribution >= 0.6 is 0 Å². The van der Waals surface area contributed by atoms with Crippen LogP contribution in [-0.2, 0) is 0 Å². The number of carbonyl (C=O) groups excluding carboxylic acids is 1. The first-order valence-corrected chi connectivity index (χ1v) is 7.22. The molecule has 4 heteroatoms. The summed E-state index contributed by atoms with van der Waals surface area (Å²) in [6.07, 6.45) is 0. The number of hydrogen-bond acceptors (Lipinski definition) is 3. The zero-order chi connectivity index (χ0) is 15.3. The Labute approximate surface area is 122 Å². The lowest BCUT2D eigenvalue weighted by Crippen LogP contribution is -2.25. The first kappa shape index (κ1) is 16.3. The van der Waals surface area contributed by atoms with E-state index < -0.39 is 0 Å². The molecule has 1 aromatic rings. The second-order valence-electron chi connectivity index (χ2n) is 5.91. The maximum absolute atomic E-state index is 11.7. The van der Waals surface area contributed by atoms with Gasteiger partial charge >= 0.3 is 0 Å². The molecule has 4 N–H and O–H groups in total. The van der Waals surface area contributed by atoms with Gasteiger partial charge in [-0.25, -0.2) is 0 Å². The van der Waals surface area contributed by atoms with E-state index >= 15 is 0 Å². The Hall–Kier alpha value is -1.71. The van der Waals surface area contributed by atoms with E-state index in [4.69, 9.17) is 5.73 Å². The van der Waals surface area contributed by atoms with Crippen molar-refractivity contribution in [1.29, 1.82) is 0 Å². The summed E-state index contributed by atoms with van der Waals surface area (Å²) in [5.41, 5.74) is 8.10. The van der Waals surface area contributed by atoms with Crippen LogP contribution in [0.2, 0.25) is 0 Å². The maximum atomic E-state index is 11.7. The van der Waals surface area contributed by atoms with Crippen molar-refractivity contribution in [3.8, 4) is 0 Å². The van der Waals surface area contributed by atoms with Gasteiger partial charge < -0.3 is 16.4 Å². The fourth-order valence-electron chi connectivity index (χ4n) is 2.46. The predicted molar refractivity (Wildman–Crippen MR) is 85.9 cm³/mol. The predicted octanol–water partition coefficient (Wildman–Crippen LogP) is 2.97. The van der Waals surface area contributed by atoms with Crippen LogP contribution in [0.1, 0.15) is 38.1 Å². The molecule has 112 valence electrons. The third-order valence-electron chi connectivity index (χ3n) is 3.78. The van der Waals surface area contributed by atoms with Crippen LogP contribution in [-0.4, -0.2) is 19.5 Å². The van der Waals surface area contributed by atoms with E-state index in [0.29, 0.717) is 29.0 Å². The van der Waals surface area contributed by atoms with Gasteiger partial charge in [0.05, 0.1) is 11.4 Å². The fraction of sp³-hybridized carbons (Fsp3) is 0.562. The summed E-state index contributed by atoms with van der Waals surface area (Å²) in [5.74, 6) is 1.67. The molecule has 1 aromatic carbocycles. The minimum atomic E-state index is -0.0997. The van der Waals surface area contributed by atoms with Crippen molar-refractivity contribution in [2.24, 2.45) is 17.8 Å². The van der Waals surface area contributed by atoms with Gasteiger partial charge in [-0.2, -0.15) is 0 Å². The van der Waals surface area contributed by atoms with Gasteiger partial charge in [0, 0.05) is 19.2 Å². The Balaban J connectivity index is 2.83. The van der Waals surface area contributed by atoms with Gasteiger partial charge in [0.2, 0.25) is 0 Å². The topological polar surface area (TPSA) is 67.2 Å². The van der Waals surface area contributed by atoms with Crippen LogP contribution in [0.4, 0.5) is 11.4 Å². The quantitative estimate of drug-likeness (QED) is 0.700. The van der Waals surface area contributed by atoms with Crippen molar-refractivity contribution in [1.82, 2.24) is 5.32 Å². The number of amides is 1. The summed E-state index contributed by atoms with van der Waals surface area (Å²) in [6, 6.07) is 5.32. The molecule has 0 aromatic heterocycles. The molecule has 0 unspecified atom stereocenters. The van der Waals surface area contributed by atoms with Crippen molar-refractivity contribution in [2.45, 2.75) is 27.7 Å². The van der Waals surface area contributed by atoms with Gasteiger partial charge in [0.15, 0.2) is 0 Å². The summed E-state index contributed by atoms with van der Waals surface area (Å²) in [6.45, 7) is 9.79. The summed E-state index contributed by atoms with van der Waals surface area (Å²) in [7, 11) is 1.62. The van der Waals surface area contributed by atoms with Gasteiger partial charge in [-0.3, -0.25) is 4.79 Å². The van der Waals surface area contributed by atoms with E-state index in [0.717, 1.165) is 12.2 Å². The lowest BCUT2D eigenvalue weighted by Gasteiger charge is -2.26. The zero-order valence-electron chi connectivity index (χ0n) is 13.2. The van der Waals surface area contributed by atoms with Gasteiger partial charge in [-0.05, 0) is 36.0 Å². The lowest BCUT2D eigenvalue weighted by molar-refractivity contribution is 0.0963. The molecule has 0 aliphatic rings. The minimum absolute atomic E-state index is 0.0997. The first-order chi connectivity index (χ1) is 9.36. The van der Waals surface area contributed by atoms with Gasteiger partial charge in [0.25, 0.3) is 5.91 Å². The maximum Gasteiger partial charge on any atom is 0.251 e. The summed E-state index contributed by atoms with van der Waals surface area (Å²) in [4.78, 5) is 11.7. The molecule has 20 heavy (non-hydrogen) atoms. The van der Waals surface area contributed by atoms with E-state index in [-0.39, 0.29) is 5.91 Å². The minimum Gasteiger partial charge on any atom is -0.397 e.